The molecule has 1 heterocycles. The number of hydrogen-bond acceptors (Lipinski definition) is 2. The number of benzene rings is 1. The van der Waals surface area contributed by atoms with Crippen LogP contribution in [-0.2, 0) is 0 Å². The third kappa shape index (κ3) is 2.18. The molecule has 0 saturated heterocycles. The maximum absolute atomic E-state index is 13.2. The second-order valence-corrected chi connectivity index (χ2v) is 4.71. The Labute approximate surface area is 110 Å². The van der Waals surface area contributed by atoms with Crippen LogP contribution in [0.4, 0.5) is 4.39 Å². The summed E-state index contributed by atoms with van der Waals surface area (Å²) in [6, 6.07) is 4.43. The molecule has 1 aromatic heterocycles. The largest absolute Gasteiger partial charge is 0.494 e. The molecular formula is C13H15FN2OS. The number of rotatable bonds is 3. The topological polar surface area (TPSA) is 29.9 Å². The van der Waals surface area contributed by atoms with Crippen LogP contribution >= 0.6 is 12.2 Å². The number of hydrogen-bond donors (Lipinski definition) is 1. The molecule has 18 heavy (non-hydrogen) atoms. The normalized spacial score (nSPS) is 10.9. The molecule has 0 aliphatic rings. The zero-order valence-corrected chi connectivity index (χ0v) is 11.3. The van der Waals surface area contributed by atoms with Crippen LogP contribution in [0.25, 0.3) is 5.69 Å². The van der Waals surface area contributed by atoms with Gasteiger partial charge in [-0.1, -0.05) is 13.8 Å². The molecule has 0 atom stereocenters. The smallest absolute Gasteiger partial charge is 0.182 e. The first-order chi connectivity index (χ1) is 8.54. The minimum atomic E-state index is -0.330. The van der Waals surface area contributed by atoms with Crippen LogP contribution in [0.5, 0.6) is 5.75 Å². The number of halogens is 1. The van der Waals surface area contributed by atoms with Crippen molar-refractivity contribution in [3.05, 3.63) is 40.7 Å². The highest BCUT2D eigenvalue weighted by atomic mass is 32.1. The molecule has 0 saturated carbocycles. The highest BCUT2D eigenvalue weighted by Crippen LogP contribution is 2.28. The van der Waals surface area contributed by atoms with Gasteiger partial charge in [0.1, 0.15) is 11.6 Å². The summed E-state index contributed by atoms with van der Waals surface area (Å²) in [4.78, 5) is 3.01. The molecule has 1 aromatic carbocycles. The van der Waals surface area contributed by atoms with Crippen molar-refractivity contribution in [1.29, 1.82) is 0 Å². The predicted molar refractivity (Wildman–Crippen MR) is 71.6 cm³/mol. The number of nitrogens with zero attached hydrogens (tertiary/aromatic N) is 1. The number of H-pyrrole nitrogens is 1. The molecule has 0 aliphatic carbocycles. The second-order valence-electron chi connectivity index (χ2n) is 4.32. The first-order valence-electron chi connectivity index (χ1n) is 5.69. The van der Waals surface area contributed by atoms with E-state index in [0.717, 1.165) is 11.4 Å². The van der Waals surface area contributed by atoms with Gasteiger partial charge in [-0.15, -0.1) is 0 Å². The van der Waals surface area contributed by atoms with Crippen molar-refractivity contribution in [3.63, 3.8) is 0 Å². The summed E-state index contributed by atoms with van der Waals surface area (Å²) < 4.78 is 20.9. The first-order valence-corrected chi connectivity index (χ1v) is 6.09. The van der Waals surface area contributed by atoms with Crippen molar-refractivity contribution >= 4 is 12.2 Å². The van der Waals surface area contributed by atoms with Gasteiger partial charge in [-0.05, 0) is 30.3 Å². The molecule has 96 valence electrons. The van der Waals surface area contributed by atoms with Gasteiger partial charge in [0, 0.05) is 18.0 Å². The summed E-state index contributed by atoms with van der Waals surface area (Å²) in [5.74, 6) is 0.434. The summed E-state index contributed by atoms with van der Waals surface area (Å²) in [6.45, 7) is 4.15. The van der Waals surface area contributed by atoms with Crippen LogP contribution in [0.2, 0.25) is 0 Å². The van der Waals surface area contributed by atoms with Crippen LogP contribution in [0, 0.1) is 10.6 Å². The number of ether oxygens (including phenoxy) is 1. The zero-order valence-electron chi connectivity index (χ0n) is 10.5. The molecule has 0 radical (unpaired) electrons. The minimum Gasteiger partial charge on any atom is -0.494 e. The van der Waals surface area contributed by atoms with E-state index >= 15 is 0 Å². The maximum Gasteiger partial charge on any atom is 0.182 e. The summed E-state index contributed by atoms with van der Waals surface area (Å²) in [5, 5.41) is 0. The number of nitrogens with one attached hydrogen (secondary N) is 1. The van der Waals surface area contributed by atoms with E-state index in [4.69, 9.17) is 17.0 Å². The van der Waals surface area contributed by atoms with Gasteiger partial charge in [0.2, 0.25) is 0 Å². The monoisotopic (exact) mass is 266 g/mol. The Bertz CT molecular complexity index is 616. The van der Waals surface area contributed by atoms with Crippen LogP contribution < -0.4 is 4.74 Å². The van der Waals surface area contributed by atoms with E-state index in [0.29, 0.717) is 16.4 Å². The van der Waals surface area contributed by atoms with E-state index in [2.05, 4.69) is 18.8 Å². The molecule has 0 amide bonds. The Morgan fingerprint density at radius 3 is 2.72 bits per heavy atom. The highest BCUT2D eigenvalue weighted by molar-refractivity contribution is 7.71. The van der Waals surface area contributed by atoms with Crippen LogP contribution in [0.3, 0.4) is 0 Å². The zero-order chi connectivity index (χ0) is 13.3. The summed E-state index contributed by atoms with van der Waals surface area (Å²) in [7, 11) is 1.52. The molecule has 5 heteroatoms. The van der Waals surface area contributed by atoms with Gasteiger partial charge >= 0.3 is 0 Å². The van der Waals surface area contributed by atoms with Gasteiger partial charge < -0.3 is 9.72 Å². The lowest BCUT2D eigenvalue weighted by atomic mass is 10.1. The van der Waals surface area contributed by atoms with Gasteiger partial charge in [-0.25, -0.2) is 4.39 Å². The van der Waals surface area contributed by atoms with Crippen molar-refractivity contribution in [2.45, 2.75) is 19.8 Å². The molecule has 2 aromatic rings. The standard InChI is InChI=1S/C13H15FN2OS/c1-8(2)11-7-15-13(18)16(11)10-5-4-9(14)6-12(10)17-3/h4-8H,1-3H3,(H,15,18). The molecular weight excluding hydrogens is 251 g/mol. The minimum absolute atomic E-state index is 0.299. The average Bonchev–Trinajstić information content (AvgIpc) is 2.71. The highest BCUT2D eigenvalue weighted by Gasteiger charge is 2.14. The van der Waals surface area contributed by atoms with E-state index in [1.165, 1.54) is 19.2 Å². The van der Waals surface area contributed by atoms with Crippen LogP contribution in [0.1, 0.15) is 25.5 Å². The van der Waals surface area contributed by atoms with Gasteiger partial charge in [0.25, 0.3) is 0 Å². The quantitative estimate of drug-likeness (QED) is 0.856. The van der Waals surface area contributed by atoms with E-state index in [1.54, 1.807) is 6.07 Å². The third-order valence-corrected chi connectivity index (χ3v) is 3.08. The lowest BCUT2D eigenvalue weighted by Gasteiger charge is -2.14. The molecule has 2 rings (SSSR count). The predicted octanol–water partition coefficient (Wildman–Crippen LogP) is 3.81. The third-order valence-electron chi connectivity index (χ3n) is 2.78. The molecule has 3 nitrogen and oxygen atoms in total. The van der Waals surface area contributed by atoms with Gasteiger partial charge in [0.05, 0.1) is 12.8 Å². The summed E-state index contributed by atoms with van der Waals surface area (Å²) in [5.41, 5.74) is 1.78. The molecule has 1 N–H and O–H groups in total. The van der Waals surface area contributed by atoms with Crippen molar-refractivity contribution in [2.24, 2.45) is 0 Å². The fourth-order valence-corrected chi connectivity index (χ4v) is 2.15. The first kappa shape index (κ1) is 12.8. The lowest BCUT2D eigenvalue weighted by Crippen LogP contribution is -2.04. The van der Waals surface area contributed by atoms with E-state index in [1.807, 2.05) is 10.8 Å². The second kappa shape index (κ2) is 4.94. The maximum atomic E-state index is 13.2. The van der Waals surface area contributed by atoms with Gasteiger partial charge in [-0.2, -0.15) is 0 Å². The van der Waals surface area contributed by atoms with Crippen molar-refractivity contribution < 1.29 is 9.13 Å². The number of methoxy groups -OCH3 is 1. The van der Waals surface area contributed by atoms with Gasteiger partial charge in [0.15, 0.2) is 4.77 Å². The number of aromatic amines is 1. The van der Waals surface area contributed by atoms with Crippen molar-refractivity contribution in [3.8, 4) is 11.4 Å². The lowest BCUT2D eigenvalue weighted by molar-refractivity contribution is 0.409. The van der Waals surface area contributed by atoms with Crippen molar-refractivity contribution in [1.82, 2.24) is 9.55 Å². The molecule has 0 unspecified atom stereocenters. The van der Waals surface area contributed by atoms with Crippen molar-refractivity contribution in [2.75, 3.05) is 7.11 Å². The Kier molecular flexibility index (Phi) is 3.52. The van der Waals surface area contributed by atoms with Gasteiger partial charge in [-0.3, -0.25) is 4.57 Å². The van der Waals surface area contributed by atoms with Crippen LogP contribution in [-0.4, -0.2) is 16.7 Å². The Hall–Kier alpha value is -1.62. The van der Waals surface area contributed by atoms with Crippen LogP contribution in [0.15, 0.2) is 24.4 Å². The summed E-state index contributed by atoms with van der Waals surface area (Å²) >= 11 is 5.27. The SMILES string of the molecule is COc1cc(F)ccc1-n1c(C(C)C)c[nH]c1=S. The molecule has 0 spiro atoms. The molecule has 0 bridgehead atoms. The van der Waals surface area contributed by atoms with E-state index < -0.39 is 0 Å². The summed E-state index contributed by atoms with van der Waals surface area (Å²) in [6.07, 6.45) is 1.87. The Morgan fingerprint density at radius 1 is 1.39 bits per heavy atom. The Balaban J connectivity index is 2.69. The number of imidazole rings is 1. The fourth-order valence-electron chi connectivity index (χ4n) is 1.89. The van der Waals surface area contributed by atoms with E-state index in [9.17, 15) is 4.39 Å². The molecule has 0 fully saturated rings. The van der Waals surface area contributed by atoms with E-state index in [-0.39, 0.29) is 5.82 Å². The Morgan fingerprint density at radius 2 is 2.11 bits per heavy atom. The average molecular weight is 266 g/mol. The molecule has 0 aliphatic heterocycles. The fraction of sp³-hybridized carbons (Fsp3) is 0.308. The number of aromatic nitrogens is 2.